The van der Waals surface area contributed by atoms with E-state index < -0.39 is 5.97 Å². The van der Waals surface area contributed by atoms with E-state index in [1.165, 1.54) is 6.08 Å². The number of aromatic nitrogens is 1. The van der Waals surface area contributed by atoms with Crippen molar-refractivity contribution in [3.05, 3.63) is 30.2 Å². The molecule has 0 aliphatic carbocycles. The predicted octanol–water partition coefficient (Wildman–Crippen LogP) is 1.87. The molecule has 1 amide bonds. The number of hydrogen-bond acceptors (Lipinski definition) is 5. The minimum Gasteiger partial charge on any atom is -0.478 e. The van der Waals surface area contributed by atoms with Gasteiger partial charge < -0.3 is 19.3 Å². The molecule has 1 aromatic rings. The van der Waals surface area contributed by atoms with Gasteiger partial charge in [0.25, 0.3) is 0 Å². The maximum atomic E-state index is 11.7. The zero-order valence-electron chi connectivity index (χ0n) is 10.9. The number of rotatable bonds is 4. The summed E-state index contributed by atoms with van der Waals surface area (Å²) in [7, 11) is 0. The minimum absolute atomic E-state index is 0.0108. The van der Waals surface area contributed by atoms with Gasteiger partial charge in [-0.25, -0.2) is 9.59 Å². The van der Waals surface area contributed by atoms with Crippen molar-refractivity contribution in [3.63, 3.8) is 0 Å². The van der Waals surface area contributed by atoms with Crippen LogP contribution in [0.25, 0.3) is 0 Å². The van der Waals surface area contributed by atoms with Crippen LogP contribution in [0.3, 0.4) is 0 Å². The number of carbonyl (C=O) groups excluding carboxylic acids is 1. The Balaban J connectivity index is 1.94. The van der Waals surface area contributed by atoms with Crippen LogP contribution in [-0.2, 0) is 4.74 Å². The molecule has 0 atom stereocenters. The molecule has 7 heteroatoms. The maximum Gasteiger partial charge on any atom is 0.410 e. The van der Waals surface area contributed by atoms with Gasteiger partial charge in [0.05, 0.1) is 0 Å². The fraction of sp³-hybridized carbons (Fsp3) is 0.462. The molecule has 20 heavy (non-hydrogen) atoms. The fourth-order valence-corrected chi connectivity index (χ4v) is 2.26. The SMILES string of the molecule is C=CCOC(=O)N1CCC(c2nocc2C(=O)O)CC1. The number of piperidine rings is 1. The number of aromatic carboxylic acids is 1. The van der Waals surface area contributed by atoms with Gasteiger partial charge in [0, 0.05) is 19.0 Å². The van der Waals surface area contributed by atoms with E-state index in [-0.39, 0.29) is 24.2 Å². The Morgan fingerprint density at radius 1 is 1.55 bits per heavy atom. The quantitative estimate of drug-likeness (QED) is 0.846. The number of hydrogen-bond donors (Lipinski definition) is 1. The van der Waals surface area contributed by atoms with Crippen molar-refractivity contribution in [2.24, 2.45) is 0 Å². The van der Waals surface area contributed by atoms with Gasteiger partial charge in [-0.1, -0.05) is 17.8 Å². The highest BCUT2D eigenvalue weighted by molar-refractivity contribution is 5.88. The van der Waals surface area contributed by atoms with Gasteiger partial charge in [-0.05, 0) is 12.8 Å². The largest absolute Gasteiger partial charge is 0.478 e. The summed E-state index contributed by atoms with van der Waals surface area (Å²) in [5, 5.41) is 12.8. The van der Waals surface area contributed by atoms with E-state index in [2.05, 4.69) is 11.7 Å². The molecule has 1 saturated heterocycles. The number of amides is 1. The lowest BCUT2D eigenvalue weighted by molar-refractivity contribution is 0.0692. The molecule has 0 radical (unpaired) electrons. The summed E-state index contributed by atoms with van der Waals surface area (Å²) in [5.74, 6) is -1.06. The molecule has 1 N–H and O–H groups in total. The first kappa shape index (κ1) is 14.1. The number of carboxylic acid groups (broad SMARTS) is 1. The monoisotopic (exact) mass is 280 g/mol. The molecule has 0 spiro atoms. The number of likely N-dealkylation sites (tertiary alicyclic amines) is 1. The molecule has 108 valence electrons. The fourth-order valence-electron chi connectivity index (χ4n) is 2.26. The molecule has 0 aromatic carbocycles. The molecule has 7 nitrogen and oxygen atoms in total. The van der Waals surface area contributed by atoms with Crippen LogP contribution in [0.5, 0.6) is 0 Å². The summed E-state index contributed by atoms with van der Waals surface area (Å²) >= 11 is 0. The Kier molecular flexibility index (Phi) is 4.39. The van der Waals surface area contributed by atoms with E-state index in [9.17, 15) is 9.59 Å². The zero-order chi connectivity index (χ0) is 14.5. The molecule has 0 bridgehead atoms. The average Bonchev–Trinajstić information content (AvgIpc) is 2.94. The molecule has 1 aromatic heterocycles. The standard InChI is InChI=1S/C13H16N2O5/c1-2-7-19-13(18)15-5-3-9(4-6-15)11-10(12(16)17)8-20-14-11/h2,8-9H,1,3-7H2,(H,16,17). The molecule has 2 rings (SSSR count). The smallest absolute Gasteiger partial charge is 0.410 e. The second-order valence-corrected chi connectivity index (χ2v) is 4.55. The lowest BCUT2D eigenvalue weighted by Gasteiger charge is -2.30. The van der Waals surface area contributed by atoms with Crippen molar-refractivity contribution >= 4 is 12.1 Å². The van der Waals surface area contributed by atoms with E-state index in [4.69, 9.17) is 14.4 Å². The van der Waals surface area contributed by atoms with Gasteiger partial charge >= 0.3 is 12.1 Å². The van der Waals surface area contributed by atoms with Gasteiger partial charge in [-0.2, -0.15) is 0 Å². The first-order valence-electron chi connectivity index (χ1n) is 6.33. The summed E-state index contributed by atoms with van der Waals surface area (Å²) in [4.78, 5) is 24.3. The van der Waals surface area contributed by atoms with Crippen molar-refractivity contribution in [2.45, 2.75) is 18.8 Å². The Bertz CT molecular complexity index is 503. The predicted molar refractivity (Wildman–Crippen MR) is 68.6 cm³/mol. The minimum atomic E-state index is -1.05. The Morgan fingerprint density at radius 3 is 2.85 bits per heavy atom. The van der Waals surface area contributed by atoms with Crippen molar-refractivity contribution in [1.29, 1.82) is 0 Å². The van der Waals surface area contributed by atoms with E-state index in [0.717, 1.165) is 6.26 Å². The summed E-state index contributed by atoms with van der Waals surface area (Å²) < 4.78 is 9.70. The van der Waals surface area contributed by atoms with E-state index >= 15 is 0 Å². The number of ether oxygens (including phenoxy) is 1. The van der Waals surface area contributed by atoms with Gasteiger partial charge in [0.2, 0.25) is 0 Å². The molecule has 1 fully saturated rings. The molecule has 2 heterocycles. The zero-order valence-corrected chi connectivity index (χ0v) is 10.9. The first-order chi connectivity index (χ1) is 9.63. The Hall–Kier alpha value is -2.31. The first-order valence-corrected chi connectivity index (χ1v) is 6.33. The second kappa shape index (κ2) is 6.23. The third kappa shape index (κ3) is 2.98. The number of carboxylic acids is 1. The van der Waals surface area contributed by atoms with Gasteiger partial charge in [0.1, 0.15) is 24.1 Å². The molecule has 1 aliphatic rings. The highest BCUT2D eigenvalue weighted by Gasteiger charge is 2.29. The molecule has 1 aliphatic heterocycles. The van der Waals surface area contributed by atoms with Gasteiger partial charge in [-0.15, -0.1) is 0 Å². The normalized spacial score (nSPS) is 15.9. The van der Waals surface area contributed by atoms with Crippen molar-refractivity contribution in [1.82, 2.24) is 10.1 Å². The summed E-state index contributed by atoms with van der Waals surface area (Å²) in [5.41, 5.74) is 0.550. The van der Waals surface area contributed by atoms with Crippen LogP contribution in [0.2, 0.25) is 0 Å². The summed E-state index contributed by atoms with van der Waals surface area (Å²) in [6.45, 7) is 4.68. The van der Waals surface area contributed by atoms with Crippen molar-refractivity contribution in [2.75, 3.05) is 19.7 Å². The Labute approximate surface area is 115 Å². The van der Waals surface area contributed by atoms with Crippen LogP contribution < -0.4 is 0 Å². The van der Waals surface area contributed by atoms with E-state index in [1.807, 2.05) is 0 Å². The summed E-state index contributed by atoms with van der Waals surface area (Å²) in [6, 6.07) is 0. The van der Waals surface area contributed by atoms with Crippen LogP contribution in [0.1, 0.15) is 34.8 Å². The van der Waals surface area contributed by atoms with Crippen LogP contribution in [0.15, 0.2) is 23.4 Å². The average molecular weight is 280 g/mol. The second-order valence-electron chi connectivity index (χ2n) is 4.55. The number of carbonyl (C=O) groups is 2. The van der Waals surface area contributed by atoms with Crippen molar-refractivity contribution in [3.8, 4) is 0 Å². The number of nitrogens with zero attached hydrogens (tertiary/aromatic N) is 2. The van der Waals surface area contributed by atoms with Crippen LogP contribution >= 0.6 is 0 Å². The highest BCUT2D eigenvalue weighted by atomic mass is 16.6. The summed E-state index contributed by atoms with van der Waals surface area (Å²) in [6.07, 6.45) is 3.55. The molecular formula is C13H16N2O5. The third-order valence-electron chi connectivity index (χ3n) is 3.29. The highest BCUT2D eigenvalue weighted by Crippen LogP contribution is 2.29. The third-order valence-corrected chi connectivity index (χ3v) is 3.29. The molecular weight excluding hydrogens is 264 g/mol. The van der Waals surface area contributed by atoms with Crippen LogP contribution in [0, 0.1) is 0 Å². The van der Waals surface area contributed by atoms with Crippen molar-refractivity contribution < 1.29 is 24.0 Å². The molecule has 0 unspecified atom stereocenters. The lowest BCUT2D eigenvalue weighted by Crippen LogP contribution is -2.38. The van der Waals surface area contributed by atoms with Gasteiger partial charge in [0.15, 0.2) is 0 Å². The maximum absolute atomic E-state index is 11.7. The topological polar surface area (TPSA) is 92.9 Å². The van der Waals surface area contributed by atoms with Gasteiger partial charge in [-0.3, -0.25) is 0 Å². The van der Waals surface area contributed by atoms with E-state index in [1.54, 1.807) is 4.90 Å². The van der Waals surface area contributed by atoms with Crippen LogP contribution in [0.4, 0.5) is 4.79 Å². The van der Waals surface area contributed by atoms with E-state index in [0.29, 0.717) is 31.6 Å². The molecule has 0 saturated carbocycles. The Morgan fingerprint density at radius 2 is 2.25 bits per heavy atom. The lowest BCUT2D eigenvalue weighted by atomic mass is 9.91. The van der Waals surface area contributed by atoms with Crippen LogP contribution in [-0.4, -0.2) is 46.9 Å².